The average Bonchev–Trinajstić information content (AvgIpc) is 2.08. The summed E-state index contributed by atoms with van der Waals surface area (Å²) in [5.74, 6) is 0. The van der Waals surface area contributed by atoms with Gasteiger partial charge in [0.15, 0.2) is 8.32 Å². The second kappa shape index (κ2) is 8.38. The Labute approximate surface area is 92.2 Å². The number of hydrogen-bond acceptors (Lipinski definition) is 2. The first-order valence-electron chi connectivity index (χ1n) is 5.45. The molecule has 0 unspecified atom stereocenters. The van der Waals surface area contributed by atoms with E-state index in [0.29, 0.717) is 9.76 Å². The lowest BCUT2D eigenvalue weighted by atomic mass is 10.3. The van der Waals surface area contributed by atoms with Gasteiger partial charge in [-0.3, -0.25) is 4.99 Å². The molecular weight excluding hydrogens is 206 g/mol. The first kappa shape index (κ1) is 14.1. The predicted octanol–water partition coefficient (Wildman–Crippen LogP) is 3.14. The Morgan fingerprint density at radius 1 is 1.36 bits per heavy atom. The summed E-state index contributed by atoms with van der Waals surface area (Å²) < 4.78 is 5.76. The Bertz CT molecular complexity index is 155. The van der Waals surface area contributed by atoms with Crippen molar-refractivity contribution in [1.29, 1.82) is 0 Å². The first-order valence-corrected chi connectivity index (χ1v) is 9.98. The minimum atomic E-state index is -1.27. The topological polar surface area (TPSA) is 21.6 Å². The molecule has 0 rings (SSSR count). The van der Waals surface area contributed by atoms with E-state index in [-0.39, 0.29) is 0 Å². The standard InChI is InChI=1S/C10H23NOSi2/c1-5-6-8-11-9-7-10-13-12-14(2,3)4/h9H,5-8,10H2,1-4H3. The van der Waals surface area contributed by atoms with Crippen molar-refractivity contribution < 1.29 is 4.12 Å². The third-order valence-corrected chi connectivity index (χ3v) is 5.04. The molecule has 0 bridgehead atoms. The monoisotopic (exact) mass is 229 g/mol. The number of nitrogens with zero attached hydrogens (tertiary/aromatic N) is 1. The van der Waals surface area contributed by atoms with E-state index in [1.807, 2.05) is 0 Å². The van der Waals surface area contributed by atoms with E-state index in [1.54, 1.807) is 0 Å². The van der Waals surface area contributed by atoms with Crippen LogP contribution in [0.15, 0.2) is 4.99 Å². The van der Waals surface area contributed by atoms with Crippen LogP contribution >= 0.6 is 0 Å². The molecule has 0 amide bonds. The van der Waals surface area contributed by atoms with Gasteiger partial charge in [0, 0.05) is 6.54 Å². The highest BCUT2D eigenvalue weighted by Crippen LogP contribution is 2.02. The van der Waals surface area contributed by atoms with Gasteiger partial charge < -0.3 is 4.12 Å². The van der Waals surface area contributed by atoms with Crippen molar-refractivity contribution >= 4 is 24.3 Å². The van der Waals surface area contributed by atoms with Crippen LogP contribution < -0.4 is 0 Å². The zero-order valence-corrected chi connectivity index (χ0v) is 12.0. The Kier molecular flexibility index (Phi) is 8.42. The van der Waals surface area contributed by atoms with Gasteiger partial charge in [0.2, 0.25) is 9.76 Å². The lowest BCUT2D eigenvalue weighted by Crippen LogP contribution is -2.27. The van der Waals surface area contributed by atoms with Crippen LogP contribution in [0.3, 0.4) is 0 Å². The van der Waals surface area contributed by atoms with Crippen LogP contribution in [-0.2, 0) is 4.12 Å². The molecular formula is C10H23NOSi2. The second-order valence-corrected chi connectivity index (χ2v) is 10.2. The Morgan fingerprint density at radius 3 is 2.64 bits per heavy atom. The number of unbranched alkanes of at least 4 members (excludes halogenated alkanes) is 1. The largest absolute Gasteiger partial charge is 0.456 e. The average molecular weight is 229 g/mol. The van der Waals surface area contributed by atoms with Crippen molar-refractivity contribution in [2.45, 2.75) is 51.9 Å². The van der Waals surface area contributed by atoms with E-state index in [0.717, 1.165) is 19.0 Å². The van der Waals surface area contributed by atoms with Crippen molar-refractivity contribution in [3.63, 3.8) is 0 Å². The van der Waals surface area contributed by atoms with Crippen LogP contribution in [0, 0.1) is 0 Å². The van der Waals surface area contributed by atoms with E-state index < -0.39 is 8.32 Å². The van der Waals surface area contributed by atoms with Crippen LogP contribution in [0.5, 0.6) is 0 Å². The highest BCUT2D eigenvalue weighted by molar-refractivity contribution is 6.73. The summed E-state index contributed by atoms with van der Waals surface area (Å²) in [4.78, 5) is 4.33. The molecule has 0 fully saturated rings. The third-order valence-electron chi connectivity index (χ3n) is 1.52. The lowest BCUT2D eigenvalue weighted by Gasteiger charge is -2.15. The molecule has 0 aliphatic carbocycles. The van der Waals surface area contributed by atoms with E-state index in [1.165, 1.54) is 12.8 Å². The maximum atomic E-state index is 5.76. The van der Waals surface area contributed by atoms with Crippen LogP contribution in [0.2, 0.25) is 25.7 Å². The fourth-order valence-corrected chi connectivity index (χ4v) is 3.21. The fraction of sp³-hybridized carbons (Fsp3) is 0.900. The molecule has 0 aliphatic rings. The molecule has 0 N–H and O–H groups in total. The first-order chi connectivity index (χ1) is 6.56. The second-order valence-electron chi connectivity index (χ2n) is 4.34. The summed E-state index contributed by atoms with van der Waals surface area (Å²) in [6.45, 7) is 9.88. The van der Waals surface area contributed by atoms with Gasteiger partial charge in [-0.2, -0.15) is 0 Å². The number of rotatable bonds is 8. The van der Waals surface area contributed by atoms with Crippen molar-refractivity contribution in [3.05, 3.63) is 0 Å². The van der Waals surface area contributed by atoms with E-state index in [4.69, 9.17) is 4.12 Å². The predicted molar refractivity (Wildman–Crippen MR) is 67.9 cm³/mol. The number of aliphatic imine (C=N–C) groups is 1. The Balaban J connectivity index is 3.17. The smallest absolute Gasteiger partial charge is 0.215 e. The molecule has 0 saturated carbocycles. The highest BCUT2D eigenvalue weighted by atomic mass is 28.4. The summed E-state index contributed by atoms with van der Waals surface area (Å²) in [5.41, 5.74) is 0. The van der Waals surface area contributed by atoms with Gasteiger partial charge >= 0.3 is 0 Å². The minimum Gasteiger partial charge on any atom is -0.456 e. The normalized spacial score (nSPS) is 12.6. The summed E-state index contributed by atoms with van der Waals surface area (Å²) >= 11 is 0. The van der Waals surface area contributed by atoms with Crippen molar-refractivity contribution in [1.82, 2.24) is 0 Å². The quantitative estimate of drug-likeness (QED) is 0.356. The molecule has 2 nitrogen and oxygen atoms in total. The molecule has 0 aromatic rings. The molecule has 2 radical (unpaired) electrons. The van der Waals surface area contributed by atoms with Gasteiger partial charge in [-0.1, -0.05) is 13.3 Å². The molecule has 0 saturated heterocycles. The maximum Gasteiger partial charge on any atom is 0.215 e. The zero-order chi connectivity index (χ0) is 10.9. The van der Waals surface area contributed by atoms with Gasteiger partial charge in [0.25, 0.3) is 0 Å². The molecule has 14 heavy (non-hydrogen) atoms. The Hall–Kier alpha value is 0.0638. The van der Waals surface area contributed by atoms with Crippen LogP contribution in [0.1, 0.15) is 26.2 Å². The third kappa shape index (κ3) is 12.1. The van der Waals surface area contributed by atoms with Gasteiger partial charge in [0.05, 0.1) is 0 Å². The summed E-state index contributed by atoms with van der Waals surface area (Å²) in [7, 11) is -0.604. The van der Waals surface area contributed by atoms with Crippen LogP contribution in [0.25, 0.3) is 0 Å². The fourth-order valence-electron chi connectivity index (χ4n) is 0.823. The summed E-state index contributed by atoms with van der Waals surface area (Å²) in [6.07, 6.45) is 5.57. The SMILES string of the molecule is CCCCN=CCC[Si]O[Si](C)(C)C. The van der Waals surface area contributed by atoms with Gasteiger partial charge in [0.1, 0.15) is 0 Å². The molecule has 0 atom stereocenters. The molecule has 4 heteroatoms. The van der Waals surface area contributed by atoms with E-state index in [9.17, 15) is 0 Å². The molecule has 82 valence electrons. The van der Waals surface area contributed by atoms with Gasteiger partial charge in [-0.05, 0) is 44.7 Å². The van der Waals surface area contributed by atoms with E-state index in [2.05, 4.69) is 37.8 Å². The zero-order valence-electron chi connectivity index (χ0n) is 9.97. The number of hydrogen-bond donors (Lipinski definition) is 0. The van der Waals surface area contributed by atoms with Crippen molar-refractivity contribution in [2.24, 2.45) is 4.99 Å². The maximum absolute atomic E-state index is 5.76. The summed E-state index contributed by atoms with van der Waals surface area (Å²) in [6, 6.07) is 1.14. The van der Waals surface area contributed by atoms with Crippen molar-refractivity contribution in [2.75, 3.05) is 6.54 Å². The molecule has 0 aromatic heterocycles. The van der Waals surface area contributed by atoms with Crippen molar-refractivity contribution in [3.8, 4) is 0 Å². The minimum absolute atomic E-state index is 0.666. The Morgan fingerprint density at radius 2 is 2.07 bits per heavy atom. The highest BCUT2D eigenvalue weighted by Gasteiger charge is 2.12. The molecule has 0 heterocycles. The van der Waals surface area contributed by atoms with E-state index >= 15 is 0 Å². The van der Waals surface area contributed by atoms with Crippen LogP contribution in [-0.4, -0.2) is 30.8 Å². The van der Waals surface area contributed by atoms with Crippen LogP contribution in [0.4, 0.5) is 0 Å². The van der Waals surface area contributed by atoms with Gasteiger partial charge in [-0.15, -0.1) is 0 Å². The molecule has 0 aliphatic heterocycles. The molecule has 0 spiro atoms. The van der Waals surface area contributed by atoms with Gasteiger partial charge in [-0.25, -0.2) is 0 Å². The summed E-state index contributed by atoms with van der Waals surface area (Å²) in [5, 5.41) is 0. The lowest BCUT2D eigenvalue weighted by molar-refractivity contribution is 0.595. The molecule has 0 aromatic carbocycles.